The molecule has 1 aromatic rings. The van der Waals surface area contributed by atoms with E-state index in [0.29, 0.717) is 18.5 Å². The van der Waals surface area contributed by atoms with E-state index in [-0.39, 0.29) is 0 Å². The van der Waals surface area contributed by atoms with Crippen molar-refractivity contribution in [1.82, 2.24) is 20.1 Å². The molecule has 0 radical (unpaired) electrons. The molecule has 0 bridgehead atoms. The first-order valence-electron chi connectivity index (χ1n) is 6.65. The van der Waals surface area contributed by atoms with Crippen LogP contribution < -0.4 is 11.1 Å². The Bertz CT molecular complexity index is 389. The Hall–Kier alpha value is -1.59. The summed E-state index contributed by atoms with van der Waals surface area (Å²) in [5, 5.41) is 7.31. The number of hydrogen-bond donors (Lipinski definition) is 2. The van der Waals surface area contributed by atoms with Crippen LogP contribution in [0, 0.1) is 0 Å². The van der Waals surface area contributed by atoms with Crippen LogP contribution in [0.3, 0.4) is 0 Å². The number of nitrogens with two attached hydrogens (primary N) is 1. The number of nitrogens with zero attached hydrogens (tertiary/aromatic N) is 4. The number of nitrogens with one attached hydrogen (secondary N) is 1. The number of hydrogen-bond acceptors (Lipinski definition) is 3. The third-order valence-electron chi connectivity index (χ3n) is 3.40. The number of guanidine groups is 1. The highest BCUT2D eigenvalue weighted by molar-refractivity contribution is 5.78. The number of aryl methyl sites for hydroxylation is 1. The fourth-order valence-electron chi connectivity index (χ4n) is 2.30. The van der Waals surface area contributed by atoms with Crippen LogP contribution in [0.2, 0.25) is 0 Å². The molecule has 2 rings (SSSR count). The Morgan fingerprint density at radius 2 is 2.17 bits per heavy atom. The molecular weight excluding hydrogens is 228 g/mol. The van der Waals surface area contributed by atoms with E-state index < -0.39 is 0 Å². The molecule has 1 heterocycles. The zero-order valence-electron chi connectivity index (χ0n) is 11.0. The second-order valence-corrected chi connectivity index (χ2v) is 4.83. The smallest absolute Gasteiger partial charge is 0.189 e. The van der Waals surface area contributed by atoms with E-state index in [1.807, 2.05) is 7.05 Å². The van der Waals surface area contributed by atoms with Crippen LogP contribution in [-0.4, -0.2) is 26.8 Å². The molecule has 1 aliphatic carbocycles. The van der Waals surface area contributed by atoms with Gasteiger partial charge in [-0.05, 0) is 12.8 Å². The van der Waals surface area contributed by atoms with Crippen LogP contribution in [0.4, 0.5) is 0 Å². The maximum atomic E-state index is 5.90. The summed E-state index contributed by atoms with van der Waals surface area (Å²) in [6.07, 6.45) is 9.17. The van der Waals surface area contributed by atoms with Crippen molar-refractivity contribution in [3.05, 3.63) is 12.2 Å². The summed E-state index contributed by atoms with van der Waals surface area (Å²) in [4.78, 5) is 8.42. The second-order valence-electron chi connectivity index (χ2n) is 4.83. The molecule has 100 valence electrons. The van der Waals surface area contributed by atoms with Crippen LogP contribution in [0.5, 0.6) is 0 Å². The average molecular weight is 250 g/mol. The summed E-state index contributed by atoms with van der Waals surface area (Å²) in [5.74, 6) is 1.34. The van der Waals surface area contributed by atoms with Crippen LogP contribution >= 0.6 is 0 Å². The van der Waals surface area contributed by atoms with Crippen LogP contribution in [0.15, 0.2) is 11.3 Å². The summed E-state index contributed by atoms with van der Waals surface area (Å²) in [6, 6.07) is 0.482. The van der Waals surface area contributed by atoms with Crippen molar-refractivity contribution in [3.63, 3.8) is 0 Å². The van der Waals surface area contributed by atoms with Gasteiger partial charge < -0.3 is 11.1 Å². The Balaban J connectivity index is 1.83. The van der Waals surface area contributed by atoms with Crippen molar-refractivity contribution in [2.45, 2.75) is 51.1 Å². The van der Waals surface area contributed by atoms with Gasteiger partial charge in [0.25, 0.3) is 0 Å². The molecule has 6 nitrogen and oxygen atoms in total. The first-order valence-corrected chi connectivity index (χ1v) is 6.65. The largest absolute Gasteiger partial charge is 0.370 e. The maximum absolute atomic E-state index is 5.90. The summed E-state index contributed by atoms with van der Waals surface area (Å²) in [6.45, 7) is 0.474. The Labute approximate surface area is 108 Å². The van der Waals surface area contributed by atoms with Crippen molar-refractivity contribution in [1.29, 1.82) is 0 Å². The Morgan fingerprint density at radius 3 is 2.78 bits per heavy atom. The van der Waals surface area contributed by atoms with Crippen molar-refractivity contribution in [2.24, 2.45) is 17.8 Å². The lowest BCUT2D eigenvalue weighted by atomic mass is 10.1. The van der Waals surface area contributed by atoms with Gasteiger partial charge in [-0.15, -0.1) is 0 Å². The van der Waals surface area contributed by atoms with Crippen LogP contribution in [0.25, 0.3) is 0 Å². The van der Waals surface area contributed by atoms with Crippen LogP contribution in [0.1, 0.15) is 44.3 Å². The fourth-order valence-corrected chi connectivity index (χ4v) is 2.30. The fraction of sp³-hybridized carbons (Fsp3) is 0.750. The molecule has 18 heavy (non-hydrogen) atoms. The molecule has 0 amide bonds. The molecule has 0 spiro atoms. The lowest BCUT2D eigenvalue weighted by Crippen LogP contribution is -2.39. The number of aromatic nitrogens is 3. The second kappa shape index (κ2) is 6.37. The Kier molecular flexibility index (Phi) is 4.55. The van der Waals surface area contributed by atoms with E-state index >= 15 is 0 Å². The van der Waals surface area contributed by atoms with Crippen molar-refractivity contribution >= 4 is 5.96 Å². The summed E-state index contributed by atoms with van der Waals surface area (Å²) in [7, 11) is 1.85. The van der Waals surface area contributed by atoms with E-state index in [9.17, 15) is 0 Å². The molecule has 0 unspecified atom stereocenters. The third-order valence-corrected chi connectivity index (χ3v) is 3.40. The molecule has 6 heteroatoms. The zero-order chi connectivity index (χ0) is 12.8. The van der Waals surface area contributed by atoms with Gasteiger partial charge in [-0.1, -0.05) is 25.7 Å². The molecule has 0 atom stereocenters. The van der Waals surface area contributed by atoms with Gasteiger partial charge in [0.1, 0.15) is 18.7 Å². The van der Waals surface area contributed by atoms with E-state index in [0.717, 1.165) is 5.82 Å². The van der Waals surface area contributed by atoms with Crippen molar-refractivity contribution in [3.8, 4) is 0 Å². The molecule has 0 aliphatic heterocycles. The Morgan fingerprint density at radius 1 is 1.44 bits per heavy atom. The van der Waals surface area contributed by atoms with Gasteiger partial charge in [0.15, 0.2) is 5.96 Å². The minimum atomic E-state index is 0.474. The molecule has 1 fully saturated rings. The standard InChI is InChI=1S/C12H22N6/c1-18-11(15-9-16-18)8-14-12(13)17-10-6-4-2-3-5-7-10/h9-10H,2-8H2,1H3,(H3,13,14,17). The predicted molar refractivity (Wildman–Crippen MR) is 71.0 cm³/mol. The highest BCUT2D eigenvalue weighted by Crippen LogP contribution is 2.16. The maximum Gasteiger partial charge on any atom is 0.189 e. The molecule has 1 aliphatic rings. The van der Waals surface area contributed by atoms with Crippen molar-refractivity contribution < 1.29 is 0 Å². The number of aliphatic imine (C=N–C) groups is 1. The third kappa shape index (κ3) is 3.72. The predicted octanol–water partition coefficient (Wildman–Crippen LogP) is 0.942. The molecule has 0 saturated heterocycles. The minimum absolute atomic E-state index is 0.474. The van der Waals surface area contributed by atoms with Gasteiger partial charge in [-0.25, -0.2) is 9.98 Å². The molecule has 0 aromatic carbocycles. The molecule has 3 N–H and O–H groups in total. The van der Waals surface area contributed by atoms with E-state index in [4.69, 9.17) is 5.73 Å². The van der Waals surface area contributed by atoms with Gasteiger partial charge in [0.05, 0.1) is 0 Å². The molecule has 1 saturated carbocycles. The monoisotopic (exact) mass is 250 g/mol. The van der Waals surface area contributed by atoms with Crippen molar-refractivity contribution in [2.75, 3.05) is 0 Å². The van der Waals surface area contributed by atoms with Gasteiger partial charge >= 0.3 is 0 Å². The van der Waals surface area contributed by atoms with Gasteiger partial charge in [-0.3, -0.25) is 4.68 Å². The normalized spacial score (nSPS) is 18.6. The first-order chi connectivity index (χ1) is 8.75. The van der Waals surface area contributed by atoms with Gasteiger partial charge in [0.2, 0.25) is 0 Å². The lowest BCUT2D eigenvalue weighted by Gasteiger charge is -2.16. The van der Waals surface area contributed by atoms with E-state index in [2.05, 4.69) is 20.4 Å². The quantitative estimate of drug-likeness (QED) is 0.475. The lowest BCUT2D eigenvalue weighted by molar-refractivity contribution is 0.529. The first kappa shape index (κ1) is 12.9. The summed E-state index contributed by atoms with van der Waals surface area (Å²) in [5.41, 5.74) is 5.90. The highest BCUT2D eigenvalue weighted by Gasteiger charge is 2.12. The van der Waals surface area contributed by atoms with Gasteiger partial charge in [0, 0.05) is 13.1 Å². The van der Waals surface area contributed by atoms with E-state index in [1.54, 1.807) is 4.68 Å². The minimum Gasteiger partial charge on any atom is -0.370 e. The zero-order valence-corrected chi connectivity index (χ0v) is 11.0. The van der Waals surface area contributed by atoms with Gasteiger partial charge in [-0.2, -0.15) is 5.10 Å². The average Bonchev–Trinajstić information content (AvgIpc) is 2.61. The van der Waals surface area contributed by atoms with Crippen LogP contribution in [-0.2, 0) is 13.6 Å². The molecular formula is C12H22N6. The van der Waals surface area contributed by atoms with E-state index in [1.165, 1.54) is 44.9 Å². The number of rotatable bonds is 3. The highest BCUT2D eigenvalue weighted by atomic mass is 15.3. The molecule has 1 aromatic heterocycles. The SMILES string of the molecule is Cn1ncnc1CN=C(N)NC1CCCCCC1. The summed E-state index contributed by atoms with van der Waals surface area (Å²) >= 11 is 0. The summed E-state index contributed by atoms with van der Waals surface area (Å²) < 4.78 is 1.71. The topological polar surface area (TPSA) is 81.1 Å².